The van der Waals surface area contributed by atoms with E-state index >= 15 is 0 Å². The zero-order valence-corrected chi connectivity index (χ0v) is 12.1. The van der Waals surface area contributed by atoms with Gasteiger partial charge in [-0.25, -0.2) is 4.98 Å². The second kappa shape index (κ2) is 4.96. The second-order valence-electron chi connectivity index (χ2n) is 6.16. The lowest BCUT2D eigenvalue weighted by molar-refractivity contribution is 0.0940. The first-order valence-corrected chi connectivity index (χ1v) is 6.91. The van der Waals surface area contributed by atoms with Gasteiger partial charge < -0.3 is 15.4 Å². The highest BCUT2D eigenvalue weighted by Crippen LogP contribution is 2.27. The summed E-state index contributed by atoms with van der Waals surface area (Å²) in [5, 5.41) is 13.2. The number of nitrogens with one attached hydrogen (secondary N) is 2. The molecule has 110 valence electrons. The van der Waals surface area contributed by atoms with Crippen LogP contribution in [0.15, 0.2) is 24.5 Å². The number of nitrogens with zero attached hydrogens (tertiary/aromatic N) is 2. The van der Waals surface area contributed by atoms with Crippen LogP contribution in [0.25, 0.3) is 0 Å². The number of aromatic nitrogens is 3. The number of imidazole rings is 1. The van der Waals surface area contributed by atoms with E-state index in [0.717, 1.165) is 5.69 Å². The van der Waals surface area contributed by atoms with Gasteiger partial charge in [0.2, 0.25) is 0 Å². The van der Waals surface area contributed by atoms with Crippen LogP contribution in [-0.2, 0) is 6.42 Å². The first-order chi connectivity index (χ1) is 9.96. The number of hydrogen-bond donors (Lipinski definition) is 3. The molecule has 6 heteroatoms. The van der Waals surface area contributed by atoms with E-state index in [1.165, 1.54) is 0 Å². The fraction of sp³-hybridized carbons (Fsp3) is 0.400. The van der Waals surface area contributed by atoms with Crippen LogP contribution < -0.4 is 5.32 Å². The zero-order chi connectivity index (χ0) is 15.0. The molecule has 3 N–H and O–H groups in total. The number of H-pyrrole nitrogens is 1. The first kappa shape index (κ1) is 13.8. The summed E-state index contributed by atoms with van der Waals surface area (Å²) in [6, 6.07) is 3.53. The minimum absolute atomic E-state index is 0.0516. The summed E-state index contributed by atoms with van der Waals surface area (Å²) in [4.78, 5) is 23.5. The van der Waals surface area contributed by atoms with Crippen molar-refractivity contribution in [2.75, 3.05) is 6.54 Å². The fourth-order valence-corrected chi connectivity index (χ4v) is 2.51. The Balaban J connectivity index is 1.97. The standard InChI is InChI=1S/C15H18N4O2/c1-15(2)6-10-11(14(21)17-8-15)19-13(18-10)12(20)9-4-3-5-16-7-9/h3-5,7,12,20H,6,8H2,1-2H3,(H,17,21)(H,18,19)/t12-/m1/s1. The van der Waals surface area contributed by atoms with E-state index < -0.39 is 6.10 Å². The van der Waals surface area contributed by atoms with Gasteiger partial charge in [0, 0.05) is 30.2 Å². The fourth-order valence-electron chi connectivity index (χ4n) is 2.51. The number of aliphatic hydroxyl groups is 1. The first-order valence-electron chi connectivity index (χ1n) is 6.91. The maximum Gasteiger partial charge on any atom is 0.271 e. The molecule has 0 unspecified atom stereocenters. The molecule has 0 spiro atoms. The lowest BCUT2D eigenvalue weighted by Gasteiger charge is -2.21. The van der Waals surface area contributed by atoms with Crippen molar-refractivity contribution < 1.29 is 9.90 Å². The van der Waals surface area contributed by atoms with Gasteiger partial charge in [-0.3, -0.25) is 9.78 Å². The van der Waals surface area contributed by atoms with Gasteiger partial charge in [-0.15, -0.1) is 0 Å². The van der Waals surface area contributed by atoms with Gasteiger partial charge in [0.1, 0.15) is 17.6 Å². The quantitative estimate of drug-likeness (QED) is 0.773. The number of rotatable bonds is 2. The third kappa shape index (κ3) is 2.67. The Morgan fingerprint density at radius 1 is 1.43 bits per heavy atom. The topological polar surface area (TPSA) is 90.9 Å². The van der Waals surface area contributed by atoms with Gasteiger partial charge >= 0.3 is 0 Å². The van der Waals surface area contributed by atoms with Gasteiger partial charge in [0.05, 0.1) is 0 Å². The van der Waals surface area contributed by atoms with Gasteiger partial charge in [0.15, 0.2) is 0 Å². The van der Waals surface area contributed by atoms with E-state index in [9.17, 15) is 9.90 Å². The molecular weight excluding hydrogens is 268 g/mol. The molecule has 0 radical (unpaired) electrons. The van der Waals surface area contributed by atoms with Crippen LogP contribution in [0.2, 0.25) is 0 Å². The molecule has 1 aliphatic heterocycles. The Bertz CT molecular complexity index is 664. The number of fused-ring (bicyclic) bond motifs is 1. The normalized spacial score (nSPS) is 18.5. The summed E-state index contributed by atoms with van der Waals surface area (Å²) in [5.74, 6) is 0.178. The van der Waals surface area contributed by atoms with Crippen LogP contribution in [0, 0.1) is 5.41 Å². The van der Waals surface area contributed by atoms with Crippen LogP contribution >= 0.6 is 0 Å². The molecular formula is C15H18N4O2. The van der Waals surface area contributed by atoms with Crippen LogP contribution in [0.3, 0.4) is 0 Å². The maximum atomic E-state index is 12.1. The van der Waals surface area contributed by atoms with E-state index in [1.807, 2.05) is 0 Å². The number of aliphatic hydroxyl groups excluding tert-OH is 1. The second-order valence-corrected chi connectivity index (χ2v) is 6.16. The van der Waals surface area contributed by atoms with Gasteiger partial charge in [-0.05, 0) is 17.9 Å². The highest BCUT2D eigenvalue weighted by molar-refractivity contribution is 5.94. The number of carbonyl (C=O) groups is 1. The van der Waals surface area contributed by atoms with Crippen molar-refractivity contribution in [2.45, 2.75) is 26.4 Å². The van der Waals surface area contributed by atoms with Crippen molar-refractivity contribution in [3.8, 4) is 0 Å². The Morgan fingerprint density at radius 3 is 2.95 bits per heavy atom. The summed E-state index contributed by atoms with van der Waals surface area (Å²) in [7, 11) is 0. The van der Waals surface area contributed by atoms with Crippen molar-refractivity contribution in [2.24, 2.45) is 5.41 Å². The predicted octanol–water partition coefficient (Wildman–Crippen LogP) is 1.20. The van der Waals surface area contributed by atoms with Crippen LogP contribution in [-0.4, -0.2) is 32.5 Å². The molecule has 0 saturated heterocycles. The Morgan fingerprint density at radius 2 is 2.24 bits per heavy atom. The highest BCUT2D eigenvalue weighted by Gasteiger charge is 2.31. The van der Waals surface area contributed by atoms with Crippen LogP contribution in [0.5, 0.6) is 0 Å². The van der Waals surface area contributed by atoms with E-state index in [1.54, 1.807) is 24.5 Å². The van der Waals surface area contributed by atoms with Crippen LogP contribution in [0.4, 0.5) is 0 Å². The van der Waals surface area contributed by atoms with E-state index in [0.29, 0.717) is 30.0 Å². The Hall–Kier alpha value is -2.21. The molecule has 3 heterocycles. The largest absolute Gasteiger partial charge is 0.380 e. The number of aromatic amines is 1. The summed E-state index contributed by atoms with van der Waals surface area (Å²) >= 11 is 0. The average Bonchev–Trinajstić information content (AvgIpc) is 2.84. The van der Waals surface area contributed by atoms with Gasteiger partial charge in [-0.2, -0.15) is 0 Å². The molecule has 0 aromatic carbocycles. The molecule has 1 atom stereocenters. The summed E-state index contributed by atoms with van der Waals surface area (Å²) in [5.41, 5.74) is 1.73. The summed E-state index contributed by atoms with van der Waals surface area (Å²) < 4.78 is 0. The summed E-state index contributed by atoms with van der Waals surface area (Å²) in [6.45, 7) is 4.78. The molecule has 0 saturated carbocycles. The number of carbonyl (C=O) groups excluding carboxylic acids is 1. The smallest absolute Gasteiger partial charge is 0.271 e. The van der Waals surface area contributed by atoms with Gasteiger partial charge in [-0.1, -0.05) is 19.9 Å². The Kier molecular flexibility index (Phi) is 3.25. The third-order valence-electron chi connectivity index (χ3n) is 3.65. The molecule has 1 amide bonds. The van der Waals surface area contributed by atoms with Crippen LogP contribution in [0.1, 0.15) is 47.5 Å². The van der Waals surface area contributed by atoms with Crippen molar-refractivity contribution in [3.05, 3.63) is 47.3 Å². The molecule has 0 bridgehead atoms. The number of amides is 1. The molecule has 3 rings (SSSR count). The van der Waals surface area contributed by atoms with Crippen molar-refractivity contribution >= 4 is 5.91 Å². The summed E-state index contributed by atoms with van der Waals surface area (Å²) in [6.07, 6.45) is 3.02. The molecule has 2 aromatic heterocycles. The molecule has 0 fully saturated rings. The highest BCUT2D eigenvalue weighted by atomic mass is 16.3. The van der Waals surface area contributed by atoms with Crippen molar-refractivity contribution in [3.63, 3.8) is 0 Å². The number of hydrogen-bond acceptors (Lipinski definition) is 4. The van der Waals surface area contributed by atoms with E-state index in [-0.39, 0.29) is 11.3 Å². The molecule has 2 aromatic rings. The number of pyridine rings is 1. The Labute approximate surface area is 122 Å². The monoisotopic (exact) mass is 286 g/mol. The third-order valence-corrected chi connectivity index (χ3v) is 3.65. The van der Waals surface area contributed by atoms with Gasteiger partial charge in [0.25, 0.3) is 5.91 Å². The minimum atomic E-state index is -0.915. The minimum Gasteiger partial charge on any atom is -0.380 e. The zero-order valence-electron chi connectivity index (χ0n) is 12.1. The van der Waals surface area contributed by atoms with Crippen molar-refractivity contribution in [1.82, 2.24) is 20.3 Å². The van der Waals surface area contributed by atoms with E-state index in [4.69, 9.17) is 0 Å². The SMILES string of the molecule is CC1(C)CNC(=O)c2nc([C@H](O)c3cccnc3)[nH]c2C1. The van der Waals surface area contributed by atoms with E-state index in [2.05, 4.69) is 34.1 Å². The molecule has 1 aliphatic rings. The lowest BCUT2D eigenvalue weighted by Crippen LogP contribution is -2.32. The average molecular weight is 286 g/mol. The molecule has 21 heavy (non-hydrogen) atoms. The lowest BCUT2D eigenvalue weighted by atomic mass is 9.88. The maximum absolute atomic E-state index is 12.1. The predicted molar refractivity (Wildman–Crippen MR) is 76.7 cm³/mol. The molecule has 6 nitrogen and oxygen atoms in total. The van der Waals surface area contributed by atoms with Crippen molar-refractivity contribution in [1.29, 1.82) is 0 Å². The molecule has 0 aliphatic carbocycles.